The summed E-state index contributed by atoms with van der Waals surface area (Å²) in [5.41, 5.74) is 1.13. The maximum absolute atomic E-state index is 12.7. The Kier molecular flexibility index (Phi) is 9.67. The molecule has 9 nitrogen and oxygen atoms in total. The number of nitrogens with one attached hydrogen (secondary N) is 4. The number of ether oxygens (including phenoxy) is 1. The molecule has 2 aliphatic carbocycles. The van der Waals surface area contributed by atoms with Crippen LogP contribution in [-0.4, -0.2) is 41.8 Å². The summed E-state index contributed by atoms with van der Waals surface area (Å²) in [7, 11) is 0. The molecule has 9 heteroatoms. The van der Waals surface area contributed by atoms with Gasteiger partial charge in [-0.2, -0.15) is 4.98 Å². The van der Waals surface area contributed by atoms with E-state index < -0.39 is 17.7 Å². The molecule has 0 bridgehead atoms. The number of urea groups is 1. The Morgan fingerprint density at radius 2 is 1.43 bits per heavy atom. The molecule has 3 rings (SSSR count). The normalized spacial score (nSPS) is 29.3. The molecular weight excluding hydrogens is 506 g/mol. The molecule has 0 radical (unpaired) electrons. The highest BCUT2D eigenvalue weighted by Crippen LogP contribution is 2.49. The van der Waals surface area contributed by atoms with Gasteiger partial charge in [0.2, 0.25) is 5.95 Å². The zero-order chi connectivity index (χ0) is 29.9. The van der Waals surface area contributed by atoms with Crippen molar-refractivity contribution < 1.29 is 14.3 Å². The molecular formula is C31H53N5O4. The number of aromatic nitrogens is 2. The van der Waals surface area contributed by atoms with Crippen molar-refractivity contribution in [2.24, 2.45) is 33.5 Å². The van der Waals surface area contributed by atoms with Crippen LogP contribution < -0.4 is 21.5 Å². The molecule has 0 aliphatic heterocycles. The number of amides is 3. The maximum Gasteiger partial charge on any atom is 0.407 e. The van der Waals surface area contributed by atoms with E-state index >= 15 is 0 Å². The van der Waals surface area contributed by atoms with Crippen molar-refractivity contribution in [3.05, 3.63) is 21.6 Å². The van der Waals surface area contributed by atoms with Crippen LogP contribution in [0.2, 0.25) is 0 Å². The quantitative estimate of drug-likeness (QED) is 0.303. The minimum Gasteiger partial charge on any atom is -0.449 e. The van der Waals surface area contributed by atoms with Gasteiger partial charge >= 0.3 is 12.1 Å². The minimum absolute atomic E-state index is 0.0224. The van der Waals surface area contributed by atoms with Crippen LogP contribution in [0.25, 0.3) is 0 Å². The van der Waals surface area contributed by atoms with Crippen molar-refractivity contribution in [2.75, 3.05) is 25.0 Å². The van der Waals surface area contributed by atoms with Crippen LogP contribution in [0, 0.1) is 40.4 Å². The van der Waals surface area contributed by atoms with E-state index in [4.69, 9.17) is 4.74 Å². The van der Waals surface area contributed by atoms with Gasteiger partial charge in [-0.15, -0.1) is 0 Å². The fraction of sp³-hybridized carbons (Fsp3) is 0.806. The standard InChI is InChI=1S/C31H53N5O4/c1-20-12-28(4,5)16-30(8,14-20)18-32-26(38)36-25-34-22(3)23(24(37)35-25)10-11-40-27(39)33-19-31(9)15-21(2)13-29(6,7)17-31/h20-21H,10-19H2,1-9H3,(H,33,39)(H3,32,34,35,36,37,38). The second kappa shape index (κ2) is 12.1. The highest BCUT2D eigenvalue weighted by Gasteiger charge is 2.41. The summed E-state index contributed by atoms with van der Waals surface area (Å²) < 4.78 is 5.38. The van der Waals surface area contributed by atoms with Crippen molar-refractivity contribution in [1.29, 1.82) is 0 Å². The van der Waals surface area contributed by atoms with Gasteiger partial charge in [0.05, 0.1) is 6.61 Å². The zero-order valence-electron chi connectivity index (χ0n) is 26.3. The van der Waals surface area contributed by atoms with Gasteiger partial charge < -0.3 is 20.4 Å². The molecule has 0 aromatic carbocycles. The Labute approximate surface area is 240 Å². The first-order valence-electron chi connectivity index (χ1n) is 14.9. The fourth-order valence-electron chi connectivity index (χ4n) is 8.57. The molecule has 226 valence electrons. The molecule has 1 aromatic rings. The SMILES string of the molecule is Cc1[nH]c(NC(=O)NCC2(C)CC(C)CC(C)(C)C2)nc(=O)c1CCOC(=O)NCC1(C)CC(C)CC(C)(C)C1. The summed E-state index contributed by atoms with van der Waals surface area (Å²) in [5, 5.41) is 8.56. The number of carbonyl (C=O) groups is 2. The number of aryl methyl sites for hydroxylation is 1. The van der Waals surface area contributed by atoms with Gasteiger partial charge in [-0.1, -0.05) is 55.4 Å². The zero-order valence-corrected chi connectivity index (χ0v) is 26.3. The van der Waals surface area contributed by atoms with E-state index in [1.807, 2.05) is 0 Å². The van der Waals surface area contributed by atoms with Crippen molar-refractivity contribution in [2.45, 2.75) is 107 Å². The van der Waals surface area contributed by atoms with Crippen LogP contribution in [0.15, 0.2) is 4.79 Å². The predicted octanol–water partition coefficient (Wildman–Crippen LogP) is 6.17. The molecule has 2 saturated carbocycles. The summed E-state index contributed by atoms with van der Waals surface area (Å²) in [6.07, 6.45) is 6.40. The Hall–Kier alpha value is -2.58. The van der Waals surface area contributed by atoms with Crippen LogP contribution >= 0.6 is 0 Å². The van der Waals surface area contributed by atoms with E-state index in [1.165, 1.54) is 12.8 Å². The lowest BCUT2D eigenvalue weighted by Gasteiger charge is -2.46. The highest BCUT2D eigenvalue weighted by atomic mass is 16.5. The molecule has 1 heterocycles. The van der Waals surface area contributed by atoms with Crippen molar-refractivity contribution in [1.82, 2.24) is 20.6 Å². The number of aromatic amines is 1. The van der Waals surface area contributed by atoms with Gasteiger partial charge in [0.15, 0.2) is 0 Å². The number of rotatable bonds is 8. The van der Waals surface area contributed by atoms with E-state index in [9.17, 15) is 14.4 Å². The number of nitrogens with zero attached hydrogens (tertiary/aromatic N) is 1. The van der Waals surface area contributed by atoms with Gasteiger partial charge in [-0.05, 0) is 78.9 Å². The largest absolute Gasteiger partial charge is 0.449 e. The number of carbonyl (C=O) groups excluding carboxylic acids is 2. The highest BCUT2D eigenvalue weighted by molar-refractivity contribution is 5.87. The lowest BCUT2D eigenvalue weighted by atomic mass is 9.61. The van der Waals surface area contributed by atoms with Crippen LogP contribution in [0.3, 0.4) is 0 Å². The molecule has 4 N–H and O–H groups in total. The average molecular weight is 560 g/mol. The Morgan fingerprint density at radius 3 is 1.93 bits per heavy atom. The summed E-state index contributed by atoms with van der Waals surface area (Å²) in [5.74, 6) is 1.33. The second-order valence-corrected chi connectivity index (χ2v) is 15.4. The van der Waals surface area contributed by atoms with E-state index in [-0.39, 0.29) is 40.6 Å². The van der Waals surface area contributed by atoms with E-state index in [2.05, 4.69) is 81.3 Å². The Morgan fingerprint density at radius 1 is 0.900 bits per heavy atom. The van der Waals surface area contributed by atoms with Crippen molar-refractivity contribution in [3.63, 3.8) is 0 Å². The third-order valence-electron chi connectivity index (χ3n) is 8.68. The first-order chi connectivity index (χ1) is 18.4. The molecule has 0 saturated heterocycles. The number of hydrogen-bond donors (Lipinski definition) is 4. The maximum atomic E-state index is 12.7. The molecule has 0 spiro atoms. The number of H-pyrrole nitrogens is 1. The van der Waals surface area contributed by atoms with E-state index in [0.717, 1.165) is 25.7 Å². The molecule has 2 aliphatic rings. The minimum atomic E-state index is -0.473. The van der Waals surface area contributed by atoms with Gasteiger partial charge in [0, 0.05) is 30.8 Å². The Balaban J connectivity index is 1.46. The first-order valence-corrected chi connectivity index (χ1v) is 14.9. The Bertz CT molecular complexity index is 1130. The number of anilines is 1. The molecule has 3 amide bonds. The molecule has 1 aromatic heterocycles. The predicted molar refractivity (Wildman–Crippen MR) is 159 cm³/mol. The van der Waals surface area contributed by atoms with Gasteiger partial charge in [-0.25, -0.2) is 9.59 Å². The summed E-state index contributed by atoms with van der Waals surface area (Å²) in [4.78, 5) is 44.7. The molecule has 2 fully saturated rings. The molecule has 4 atom stereocenters. The molecule has 40 heavy (non-hydrogen) atoms. The number of alkyl carbamates (subject to hydrolysis) is 1. The average Bonchev–Trinajstić information content (AvgIpc) is 2.75. The van der Waals surface area contributed by atoms with E-state index in [0.29, 0.717) is 36.2 Å². The first kappa shape index (κ1) is 31.9. The summed E-state index contributed by atoms with van der Waals surface area (Å²) in [6.45, 7) is 21.1. The smallest absolute Gasteiger partial charge is 0.407 e. The van der Waals surface area contributed by atoms with Crippen molar-refractivity contribution in [3.8, 4) is 0 Å². The van der Waals surface area contributed by atoms with Crippen LogP contribution in [0.1, 0.15) is 105 Å². The fourth-order valence-corrected chi connectivity index (χ4v) is 8.57. The molecule has 4 unspecified atom stereocenters. The lowest BCUT2D eigenvalue weighted by Crippen LogP contribution is -2.44. The monoisotopic (exact) mass is 559 g/mol. The van der Waals surface area contributed by atoms with Gasteiger partial charge in [0.25, 0.3) is 5.56 Å². The van der Waals surface area contributed by atoms with Gasteiger partial charge in [0.1, 0.15) is 0 Å². The number of hydrogen-bond acceptors (Lipinski definition) is 5. The van der Waals surface area contributed by atoms with E-state index in [1.54, 1.807) is 6.92 Å². The lowest BCUT2D eigenvalue weighted by molar-refractivity contribution is 0.0582. The van der Waals surface area contributed by atoms with Crippen LogP contribution in [0.4, 0.5) is 15.5 Å². The van der Waals surface area contributed by atoms with Crippen LogP contribution in [0.5, 0.6) is 0 Å². The van der Waals surface area contributed by atoms with Crippen LogP contribution in [-0.2, 0) is 11.2 Å². The van der Waals surface area contributed by atoms with Gasteiger partial charge in [-0.3, -0.25) is 10.1 Å². The topological polar surface area (TPSA) is 125 Å². The summed E-state index contributed by atoms with van der Waals surface area (Å²) in [6, 6.07) is -0.392. The third-order valence-corrected chi connectivity index (χ3v) is 8.68. The summed E-state index contributed by atoms with van der Waals surface area (Å²) >= 11 is 0. The second-order valence-electron chi connectivity index (χ2n) is 15.4. The van der Waals surface area contributed by atoms with Crippen molar-refractivity contribution >= 4 is 18.1 Å². The third kappa shape index (κ3) is 9.23.